The molecule has 0 radical (unpaired) electrons. The van der Waals surface area contributed by atoms with Crippen LogP contribution in [0.4, 0.5) is 4.79 Å². The van der Waals surface area contributed by atoms with Gasteiger partial charge in [-0.25, -0.2) is 4.79 Å². The molecule has 0 aliphatic heterocycles. The van der Waals surface area contributed by atoms with Crippen molar-refractivity contribution in [2.24, 2.45) is 0 Å². The first kappa shape index (κ1) is 28.6. The van der Waals surface area contributed by atoms with Crippen molar-refractivity contribution in [1.29, 1.82) is 0 Å². The van der Waals surface area contributed by atoms with Gasteiger partial charge in [0.05, 0.1) is 6.61 Å². The lowest BCUT2D eigenvalue weighted by Crippen LogP contribution is -2.23. The van der Waals surface area contributed by atoms with Crippen LogP contribution in [0.5, 0.6) is 11.5 Å². The van der Waals surface area contributed by atoms with Crippen molar-refractivity contribution >= 4 is 6.16 Å². The summed E-state index contributed by atoms with van der Waals surface area (Å²) in [5.41, 5.74) is 4.23. The molecule has 33 heavy (non-hydrogen) atoms. The van der Waals surface area contributed by atoms with Gasteiger partial charge in [-0.15, -0.1) is 0 Å². The third-order valence-corrected chi connectivity index (χ3v) is 5.12. The van der Waals surface area contributed by atoms with E-state index in [0.29, 0.717) is 24.3 Å². The van der Waals surface area contributed by atoms with Crippen molar-refractivity contribution in [3.8, 4) is 11.5 Å². The quantitative estimate of drug-likeness (QED) is 0.132. The number of allylic oxidation sites excluding steroid dienone is 4. The highest BCUT2D eigenvalue weighted by atomic mass is 16.8. The number of phenols is 1. The Kier molecular flexibility index (Phi) is 14.0. The molecule has 186 valence electrons. The lowest BCUT2D eigenvalue weighted by atomic mass is 10.00. The van der Waals surface area contributed by atoms with Crippen LogP contribution in [0.15, 0.2) is 35.4 Å². The smallest absolute Gasteiger partial charge is 0.508 e. The molecule has 1 rings (SSSR count). The summed E-state index contributed by atoms with van der Waals surface area (Å²) >= 11 is 0. The summed E-state index contributed by atoms with van der Waals surface area (Å²) in [6.07, 6.45) is 9.27. The van der Waals surface area contributed by atoms with Gasteiger partial charge in [0.15, 0.2) is 0 Å². The zero-order valence-corrected chi connectivity index (χ0v) is 21.2. The fraction of sp³-hybridized carbons (Fsp3) is 0.593. The van der Waals surface area contributed by atoms with Gasteiger partial charge in [0.1, 0.15) is 18.1 Å². The lowest BCUT2D eigenvalue weighted by Gasteiger charge is -2.19. The summed E-state index contributed by atoms with van der Waals surface area (Å²) < 4.78 is 20.9. The Hall–Kier alpha value is -2.47. The number of unbranched alkanes of at least 4 members (excludes halogenated alkanes) is 2. The molecule has 0 aromatic heterocycles. The second-order valence-corrected chi connectivity index (χ2v) is 8.52. The molecule has 0 aliphatic carbocycles. The van der Waals surface area contributed by atoms with Crippen LogP contribution in [0, 0.1) is 0 Å². The Morgan fingerprint density at radius 2 is 1.88 bits per heavy atom. The van der Waals surface area contributed by atoms with Crippen LogP contribution in [0.25, 0.3) is 0 Å². The van der Waals surface area contributed by atoms with E-state index in [9.17, 15) is 9.90 Å². The van der Waals surface area contributed by atoms with Crippen LogP contribution < -0.4 is 4.74 Å². The first-order valence-electron chi connectivity index (χ1n) is 11.9. The van der Waals surface area contributed by atoms with Crippen LogP contribution in [-0.2, 0) is 27.1 Å². The molecule has 1 aromatic carbocycles. The number of methoxy groups -OCH3 is 1. The highest BCUT2D eigenvalue weighted by molar-refractivity contribution is 5.60. The molecule has 0 spiro atoms. The molecule has 1 unspecified atom stereocenters. The van der Waals surface area contributed by atoms with Crippen LogP contribution in [0.2, 0.25) is 0 Å². The molecular weight excluding hydrogens is 420 g/mol. The third-order valence-electron chi connectivity index (χ3n) is 5.12. The molecule has 1 atom stereocenters. The maximum Gasteiger partial charge on any atom is 0.511 e. The summed E-state index contributed by atoms with van der Waals surface area (Å²) in [6.45, 7) is 10.5. The molecule has 1 aromatic rings. The zero-order chi connectivity index (χ0) is 24.6. The second-order valence-electron chi connectivity index (χ2n) is 8.52. The van der Waals surface area contributed by atoms with Crippen molar-refractivity contribution in [2.45, 2.75) is 85.9 Å². The number of aromatic hydroxyl groups is 1. The van der Waals surface area contributed by atoms with Gasteiger partial charge in [-0.3, -0.25) is 0 Å². The standard InChI is InChI=1S/C27H42O6/c1-7-8-9-13-23-18-25(28)24(15-14-21(4)12-10-11-20(2)3)26(19-23)32-22(5)33-27(29)31-17-16-30-6/h11,14,18-19,22,28H,7-10,12-13,15-17H2,1-6H3/b21-14+. The number of ether oxygens (including phenoxy) is 4. The predicted molar refractivity (Wildman–Crippen MR) is 132 cm³/mol. The number of hydrogen-bond donors (Lipinski definition) is 1. The Balaban J connectivity index is 2.96. The minimum Gasteiger partial charge on any atom is -0.508 e. The Bertz CT molecular complexity index is 777. The predicted octanol–water partition coefficient (Wildman–Crippen LogP) is 6.88. The van der Waals surface area contributed by atoms with E-state index >= 15 is 0 Å². The Morgan fingerprint density at radius 3 is 2.55 bits per heavy atom. The SMILES string of the molecule is CCCCCc1cc(O)c(C/C=C(\C)CCC=C(C)C)c(OC(C)OC(=O)OCCOC)c1. The van der Waals surface area contributed by atoms with Crippen molar-refractivity contribution in [3.63, 3.8) is 0 Å². The van der Waals surface area contributed by atoms with E-state index < -0.39 is 12.4 Å². The summed E-state index contributed by atoms with van der Waals surface area (Å²) in [7, 11) is 1.53. The average Bonchev–Trinajstić information content (AvgIpc) is 2.73. The lowest BCUT2D eigenvalue weighted by molar-refractivity contribution is -0.0572. The number of carbonyl (C=O) groups excluding carboxylic acids is 1. The summed E-state index contributed by atoms with van der Waals surface area (Å²) in [5, 5.41) is 10.8. The van der Waals surface area contributed by atoms with Gasteiger partial charge in [0.25, 0.3) is 0 Å². The van der Waals surface area contributed by atoms with Gasteiger partial charge < -0.3 is 24.1 Å². The molecule has 6 heteroatoms. The Labute approximate surface area is 199 Å². The van der Waals surface area contributed by atoms with E-state index in [1.807, 2.05) is 12.1 Å². The van der Waals surface area contributed by atoms with E-state index in [1.54, 1.807) is 6.92 Å². The average molecular weight is 463 g/mol. The first-order chi connectivity index (χ1) is 15.8. The Morgan fingerprint density at radius 1 is 1.12 bits per heavy atom. The molecule has 0 heterocycles. The fourth-order valence-corrected chi connectivity index (χ4v) is 3.27. The largest absolute Gasteiger partial charge is 0.511 e. The van der Waals surface area contributed by atoms with Crippen LogP contribution >= 0.6 is 0 Å². The number of phenolic OH excluding ortho intramolecular Hbond substituents is 1. The van der Waals surface area contributed by atoms with Crippen LogP contribution in [0.1, 0.15) is 77.8 Å². The zero-order valence-electron chi connectivity index (χ0n) is 21.2. The number of hydrogen-bond acceptors (Lipinski definition) is 6. The van der Waals surface area contributed by atoms with Crippen molar-refractivity contribution < 1.29 is 28.8 Å². The minimum absolute atomic E-state index is 0.109. The molecule has 1 N–H and O–H groups in total. The van der Waals surface area contributed by atoms with Gasteiger partial charge in [-0.2, -0.15) is 0 Å². The molecule has 0 bridgehead atoms. The molecule has 0 fully saturated rings. The van der Waals surface area contributed by atoms with Gasteiger partial charge in [0, 0.05) is 19.6 Å². The van der Waals surface area contributed by atoms with Crippen molar-refractivity contribution in [3.05, 3.63) is 46.6 Å². The topological polar surface area (TPSA) is 74.2 Å². The second kappa shape index (κ2) is 16.2. The van der Waals surface area contributed by atoms with Crippen molar-refractivity contribution in [1.82, 2.24) is 0 Å². The maximum absolute atomic E-state index is 11.8. The van der Waals surface area contributed by atoms with Gasteiger partial charge >= 0.3 is 6.16 Å². The van der Waals surface area contributed by atoms with E-state index in [-0.39, 0.29) is 12.4 Å². The molecule has 6 nitrogen and oxygen atoms in total. The monoisotopic (exact) mass is 462 g/mol. The van der Waals surface area contributed by atoms with Crippen molar-refractivity contribution in [2.75, 3.05) is 20.3 Å². The van der Waals surface area contributed by atoms with Crippen LogP contribution in [0.3, 0.4) is 0 Å². The number of benzene rings is 1. The molecular formula is C27H42O6. The van der Waals surface area contributed by atoms with E-state index in [1.165, 1.54) is 18.3 Å². The fourth-order valence-electron chi connectivity index (χ4n) is 3.27. The summed E-state index contributed by atoms with van der Waals surface area (Å²) in [6, 6.07) is 3.75. The minimum atomic E-state index is -0.869. The van der Waals surface area contributed by atoms with Gasteiger partial charge in [0.2, 0.25) is 6.29 Å². The number of aryl methyl sites for hydroxylation is 1. The molecule has 0 saturated heterocycles. The third kappa shape index (κ3) is 12.4. The number of carbonyl (C=O) groups is 1. The molecule has 0 amide bonds. The van der Waals surface area contributed by atoms with E-state index in [0.717, 1.165) is 44.1 Å². The van der Waals surface area contributed by atoms with Crippen LogP contribution in [-0.4, -0.2) is 37.9 Å². The molecule has 0 saturated carbocycles. The summed E-state index contributed by atoms with van der Waals surface area (Å²) in [4.78, 5) is 11.8. The normalized spacial score (nSPS) is 12.2. The van der Waals surface area contributed by atoms with E-state index in [2.05, 4.69) is 39.8 Å². The highest BCUT2D eigenvalue weighted by Gasteiger charge is 2.17. The number of rotatable bonds is 15. The van der Waals surface area contributed by atoms with Gasteiger partial charge in [-0.1, -0.05) is 43.1 Å². The maximum atomic E-state index is 11.8. The highest BCUT2D eigenvalue weighted by Crippen LogP contribution is 2.33. The summed E-state index contributed by atoms with van der Waals surface area (Å²) in [5.74, 6) is 0.717. The molecule has 0 aliphatic rings. The first-order valence-corrected chi connectivity index (χ1v) is 11.9. The van der Waals surface area contributed by atoms with Gasteiger partial charge in [-0.05, 0) is 70.6 Å². The van der Waals surface area contributed by atoms with E-state index in [4.69, 9.17) is 18.9 Å².